The molecule has 0 spiro atoms. The first-order valence-electron chi connectivity index (χ1n) is 10.2. The summed E-state index contributed by atoms with van der Waals surface area (Å²) >= 11 is 0. The van der Waals surface area contributed by atoms with Gasteiger partial charge in [0.2, 0.25) is 0 Å². The molecule has 1 atom stereocenters. The molecule has 0 radical (unpaired) electrons. The highest BCUT2D eigenvalue weighted by Gasteiger charge is 2.19. The van der Waals surface area contributed by atoms with Crippen LogP contribution in [-0.2, 0) is 4.74 Å². The van der Waals surface area contributed by atoms with E-state index in [9.17, 15) is 4.79 Å². The largest absolute Gasteiger partial charge is 0.497 e. The van der Waals surface area contributed by atoms with E-state index in [0.29, 0.717) is 12.2 Å². The summed E-state index contributed by atoms with van der Waals surface area (Å²) in [6.45, 7) is 5.05. The van der Waals surface area contributed by atoms with Crippen LogP contribution < -0.4 is 19.9 Å². The molecule has 2 fully saturated rings. The number of piperazine rings is 1. The lowest BCUT2D eigenvalue weighted by molar-refractivity contribution is 0.0853. The summed E-state index contributed by atoms with van der Waals surface area (Å²) in [7, 11) is 1.68. The number of anilines is 2. The Balaban J connectivity index is 1.28. The van der Waals surface area contributed by atoms with E-state index in [4.69, 9.17) is 9.47 Å². The fourth-order valence-corrected chi connectivity index (χ4v) is 3.83. The number of aromatic nitrogens is 1. The first-order chi connectivity index (χ1) is 14.2. The molecule has 4 rings (SSSR count). The second-order valence-corrected chi connectivity index (χ2v) is 7.42. The minimum absolute atomic E-state index is 0.139. The average Bonchev–Trinajstić information content (AvgIpc) is 3.31. The SMILES string of the molecule is COc1ccc(N2CCN(c3ccc(C(=O)NCC4CCCO4)nc3)CC2)cc1. The number of rotatable bonds is 6. The summed E-state index contributed by atoms with van der Waals surface area (Å²) in [5.74, 6) is 0.731. The van der Waals surface area contributed by atoms with E-state index in [0.717, 1.165) is 57.1 Å². The molecule has 154 valence electrons. The molecule has 2 aromatic rings. The Labute approximate surface area is 171 Å². The van der Waals surface area contributed by atoms with Gasteiger partial charge < -0.3 is 24.6 Å². The molecule has 7 nitrogen and oxygen atoms in total. The van der Waals surface area contributed by atoms with Gasteiger partial charge in [-0.2, -0.15) is 0 Å². The van der Waals surface area contributed by atoms with Crippen molar-refractivity contribution in [3.05, 3.63) is 48.3 Å². The predicted molar refractivity (Wildman–Crippen MR) is 113 cm³/mol. The number of nitrogens with zero attached hydrogens (tertiary/aromatic N) is 3. The van der Waals surface area contributed by atoms with E-state index in [1.165, 1.54) is 5.69 Å². The maximum absolute atomic E-state index is 12.3. The lowest BCUT2D eigenvalue weighted by Crippen LogP contribution is -2.46. The first-order valence-corrected chi connectivity index (χ1v) is 10.2. The van der Waals surface area contributed by atoms with Crippen LogP contribution in [0.4, 0.5) is 11.4 Å². The maximum Gasteiger partial charge on any atom is 0.269 e. The minimum atomic E-state index is -0.142. The number of hydrogen-bond acceptors (Lipinski definition) is 6. The molecule has 1 unspecified atom stereocenters. The van der Waals surface area contributed by atoms with Crippen molar-refractivity contribution in [2.24, 2.45) is 0 Å². The quantitative estimate of drug-likeness (QED) is 0.808. The van der Waals surface area contributed by atoms with E-state index in [1.54, 1.807) is 19.4 Å². The fourth-order valence-electron chi connectivity index (χ4n) is 3.83. The third kappa shape index (κ3) is 4.79. The lowest BCUT2D eigenvalue weighted by Gasteiger charge is -2.37. The van der Waals surface area contributed by atoms with Gasteiger partial charge in [-0.3, -0.25) is 4.79 Å². The van der Waals surface area contributed by atoms with Gasteiger partial charge in [-0.15, -0.1) is 0 Å². The third-order valence-corrected chi connectivity index (χ3v) is 5.58. The Morgan fingerprint density at radius 3 is 2.38 bits per heavy atom. The van der Waals surface area contributed by atoms with Crippen molar-refractivity contribution in [1.82, 2.24) is 10.3 Å². The molecule has 1 aromatic heterocycles. The van der Waals surface area contributed by atoms with Crippen LogP contribution in [0.25, 0.3) is 0 Å². The number of carbonyl (C=O) groups excluding carboxylic acids is 1. The highest BCUT2D eigenvalue weighted by atomic mass is 16.5. The van der Waals surface area contributed by atoms with Crippen molar-refractivity contribution in [2.45, 2.75) is 18.9 Å². The van der Waals surface area contributed by atoms with Gasteiger partial charge >= 0.3 is 0 Å². The molecule has 1 N–H and O–H groups in total. The van der Waals surface area contributed by atoms with Crippen LogP contribution >= 0.6 is 0 Å². The zero-order valence-corrected chi connectivity index (χ0v) is 16.8. The topological polar surface area (TPSA) is 66.9 Å². The van der Waals surface area contributed by atoms with Crippen LogP contribution in [0.5, 0.6) is 5.75 Å². The second-order valence-electron chi connectivity index (χ2n) is 7.42. The Morgan fingerprint density at radius 2 is 1.79 bits per heavy atom. The smallest absolute Gasteiger partial charge is 0.269 e. The Bertz CT molecular complexity index is 796. The molecule has 2 saturated heterocycles. The van der Waals surface area contributed by atoms with Crippen LogP contribution in [-0.4, -0.2) is 63.4 Å². The molecule has 0 bridgehead atoms. The Morgan fingerprint density at radius 1 is 1.10 bits per heavy atom. The van der Waals surface area contributed by atoms with Crippen molar-refractivity contribution in [1.29, 1.82) is 0 Å². The standard InChI is InChI=1S/C22H28N4O3/c1-28-19-7-4-17(5-8-19)25-10-12-26(13-11-25)18-6-9-21(23-15-18)22(27)24-16-20-3-2-14-29-20/h4-9,15,20H,2-3,10-14,16H2,1H3,(H,24,27). The normalized spacial score (nSPS) is 19.3. The van der Waals surface area contributed by atoms with Crippen LogP contribution in [0.15, 0.2) is 42.6 Å². The van der Waals surface area contributed by atoms with Gasteiger partial charge in [-0.25, -0.2) is 4.98 Å². The van der Waals surface area contributed by atoms with Gasteiger partial charge in [0.15, 0.2) is 0 Å². The van der Waals surface area contributed by atoms with E-state index in [1.807, 2.05) is 18.2 Å². The summed E-state index contributed by atoms with van der Waals surface area (Å²) in [6, 6.07) is 12.0. The summed E-state index contributed by atoms with van der Waals surface area (Å²) in [5, 5.41) is 2.92. The van der Waals surface area contributed by atoms with Crippen molar-refractivity contribution in [3.63, 3.8) is 0 Å². The molecule has 1 amide bonds. The molecular formula is C22H28N4O3. The molecular weight excluding hydrogens is 368 g/mol. The lowest BCUT2D eigenvalue weighted by atomic mass is 10.2. The molecule has 2 aliphatic heterocycles. The second kappa shape index (κ2) is 9.13. The van der Waals surface area contributed by atoms with Gasteiger partial charge in [-0.1, -0.05) is 0 Å². The van der Waals surface area contributed by atoms with E-state index >= 15 is 0 Å². The van der Waals surface area contributed by atoms with Crippen LogP contribution in [0.3, 0.4) is 0 Å². The summed E-state index contributed by atoms with van der Waals surface area (Å²) < 4.78 is 10.8. The van der Waals surface area contributed by atoms with Crippen molar-refractivity contribution < 1.29 is 14.3 Å². The zero-order chi connectivity index (χ0) is 20.1. The van der Waals surface area contributed by atoms with Crippen LogP contribution in [0.2, 0.25) is 0 Å². The number of ether oxygens (including phenoxy) is 2. The predicted octanol–water partition coefficient (Wildman–Crippen LogP) is 2.33. The number of pyridine rings is 1. The van der Waals surface area contributed by atoms with Crippen LogP contribution in [0.1, 0.15) is 23.3 Å². The minimum Gasteiger partial charge on any atom is -0.497 e. The van der Waals surface area contributed by atoms with Crippen molar-refractivity contribution >= 4 is 17.3 Å². The Kier molecular flexibility index (Phi) is 6.14. The van der Waals surface area contributed by atoms with Gasteiger partial charge in [0, 0.05) is 45.0 Å². The summed E-state index contributed by atoms with van der Waals surface area (Å²) in [6.07, 6.45) is 4.01. The van der Waals surface area contributed by atoms with Gasteiger partial charge in [0.1, 0.15) is 11.4 Å². The van der Waals surface area contributed by atoms with Crippen molar-refractivity contribution in [3.8, 4) is 5.75 Å². The maximum atomic E-state index is 12.3. The number of nitrogens with one attached hydrogen (secondary N) is 1. The van der Waals surface area contributed by atoms with Gasteiger partial charge in [0.25, 0.3) is 5.91 Å². The fraction of sp³-hybridized carbons (Fsp3) is 0.455. The molecule has 3 heterocycles. The van der Waals surface area contributed by atoms with E-state index in [-0.39, 0.29) is 12.0 Å². The number of hydrogen-bond donors (Lipinski definition) is 1. The Hall–Kier alpha value is -2.80. The number of methoxy groups -OCH3 is 1. The number of carbonyl (C=O) groups is 1. The third-order valence-electron chi connectivity index (χ3n) is 5.58. The van der Waals surface area contributed by atoms with E-state index < -0.39 is 0 Å². The molecule has 2 aliphatic rings. The highest BCUT2D eigenvalue weighted by Crippen LogP contribution is 2.22. The van der Waals surface area contributed by atoms with Gasteiger partial charge in [0.05, 0.1) is 25.1 Å². The highest BCUT2D eigenvalue weighted by molar-refractivity contribution is 5.92. The number of amides is 1. The first kappa shape index (κ1) is 19.5. The van der Waals surface area contributed by atoms with Crippen LogP contribution in [0, 0.1) is 0 Å². The molecule has 0 saturated carbocycles. The van der Waals surface area contributed by atoms with E-state index in [2.05, 4.69) is 32.2 Å². The summed E-state index contributed by atoms with van der Waals surface area (Å²) in [4.78, 5) is 21.3. The summed E-state index contributed by atoms with van der Waals surface area (Å²) in [5.41, 5.74) is 2.71. The molecule has 1 aromatic carbocycles. The zero-order valence-electron chi connectivity index (χ0n) is 16.8. The molecule has 29 heavy (non-hydrogen) atoms. The monoisotopic (exact) mass is 396 g/mol. The molecule has 7 heteroatoms. The number of benzene rings is 1. The average molecular weight is 396 g/mol. The van der Waals surface area contributed by atoms with Gasteiger partial charge in [-0.05, 0) is 49.2 Å². The molecule has 0 aliphatic carbocycles. The van der Waals surface area contributed by atoms with Crippen molar-refractivity contribution in [2.75, 3.05) is 56.2 Å².